The molecule has 1 aromatic heterocycles. The van der Waals surface area contributed by atoms with Crippen molar-refractivity contribution >= 4 is 11.8 Å². The Morgan fingerprint density at radius 1 is 1.20 bits per heavy atom. The summed E-state index contributed by atoms with van der Waals surface area (Å²) in [5.41, 5.74) is 6.57. The molecule has 0 amide bonds. The van der Waals surface area contributed by atoms with Gasteiger partial charge >= 0.3 is 0 Å². The van der Waals surface area contributed by atoms with Crippen molar-refractivity contribution in [2.75, 3.05) is 29.9 Å². The summed E-state index contributed by atoms with van der Waals surface area (Å²) in [6.45, 7) is 2.88. The number of piperidine rings is 2. The smallest absolute Gasteiger partial charge is 0.227 e. The van der Waals surface area contributed by atoms with E-state index < -0.39 is 0 Å². The van der Waals surface area contributed by atoms with Crippen LogP contribution in [0.1, 0.15) is 32.1 Å². The number of anilines is 2. The van der Waals surface area contributed by atoms with E-state index in [0.717, 1.165) is 45.3 Å². The monoisotopic (exact) mass is 347 g/mol. The van der Waals surface area contributed by atoms with Gasteiger partial charge in [-0.05, 0) is 38.0 Å². The maximum Gasteiger partial charge on any atom is 0.227 e. The Morgan fingerprint density at radius 2 is 2.16 bits per heavy atom. The van der Waals surface area contributed by atoms with E-state index in [-0.39, 0.29) is 11.9 Å². The first-order chi connectivity index (χ1) is 12.3. The number of hydrogen-bond acceptors (Lipinski definition) is 7. The molecule has 25 heavy (non-hydrogen) atoms. The first-order valence-corrected chi connectivity index (χ1v) is 9.54. The number of rotatable bonds is 3. The lowest BCUT2D eigenvalue weighted by atomic mass is 9.83. The predicted molar refractivity (Wildman–Crippen MR) is 93.8 cm³/mol. The predicted octanol–water partition coefficient (Wildman–Crippen LogP) is 0.613. The van der Waals surface area contributed by atoms with Gasteiger partial charge < -0.3 is 15.5 Å². The molecule has 1 saturated carbocycles. The number of halogens is 1. The zero-order valence-electron chi connectivity index (χ0n) is 14.3. The normalized spacial score (nSPS) is 37.2. The lowest BCUT2D eigenvalue weighted by Crippen LogP contribution is -2.61. The van der Waals surface area contributed by atoms with Gasteiger partial charge in [-0.25, -0.2) is 9.37 Å². The van der Waals surface area contributed by atoms with E-state index in [1.807, 2.05) is 0 Å². The first kappa shape index (κ1) is 15.7. The standard InChI is InChI=1S/C17H26FN7/c18-14-8-20-17(25-9-12-1-3-13(25)7-19-12)23-16(14)22-11-2-4-15-10(5-11)6-21-24-15/h8,10-13,15,19,21,24H,1-7,9H2,(H,20,22,23). The molecular weight excluding hydrogens is 321 g/mol. The maximum atomic E-state index is 14.3. The topological polar surface area (TPSA) is 77.1 Å². The zero-order valence-corrected chi connectivity index (χ0v) is 14.3. The van der Waals surface area contributed by atoms with Gasteiger partial charge in [0.2, 0.25) is 5.95 Å². The fourth-order valence-corrected chi connectivity index (χ4v) is 4.88. The molecule has 5 heterocycles. The highest BCUT2D eigenvalue weighted by atomic mass is 19.1. The second-order valence-corrected chi connectivity index (χ2v) is 7.90. The summed E-state index contributed by atoms with van der Waals surface area (Å²) in [7, 11) is 0. The van der Waals surface area contributed by atoms with Gasteiger partial charge in [-0.15, -0.1) is 0 Å². The summed E-state index contributed by atoms with van der Waals surface area (Å²) < 4.78 is 14.3. The van der Waals surface area contributed by atoms with Gasteiger partial charge in [0.25, 0.3) is 0 Å². The molecular formula is C17H26FN7. The van der Waals surface area contributed by atoms with Gasteiger partial charge in [-0.1, -0.05) is 0 Å². The molecule has 5 atom stereocenters. The Kier molecular flexibility index (Phi) is 3.98. The van der Waals surface area contributed by atoms with E-state index in [0.29, 0.717) is 35.8 Å². The fourth-order valence-electron chi connectivity index (χ4n) is 4.88. The second-order valence-electron chi connectivity index (χ2n) is 7.90. The van der Waals surface area contributed by atoms with Crippen molar-refractivity contribution in [3.63, 3.8) is 0 Å². The fraction of sp³-hybridized carbons (Fsp3) is 0.765. The Bertz CT molecular complexity index is 633. The van der Waals surface area contributed by atoms with Crippen molar-refractivity contribution in [1.82, 2.24) is 26.1 Å². The highest BCUT2D eigenvalue weighted by Gasteiger charge is 2.36. The Balaban J connectivity index is 1.31. The van der Waals surface area contributed by atoms with Gasteiger partial charge in [0.15, 0.2) is 11.6 Å². The number of nitrogens with zero attached hydrogens (tertiary/aromatic N) is 3. The molecule has 4 saturated heterocycles. The average molecular weight is 347 g/mol. The molecule has 0 radical (unpaired) electrons. The van der Waals surface area contributed by atoms with Crippen LogP contribution >= 0.6 is 0 Å². The van der Waals surface area contributed by atoms with Gasteiger partial charge in [0.1, 0.15) is 0 Å². The molecule has 4 N–H and O–H groups in total. The van der Waals surface area contributed by atoms with Crippen LogP contribution in [0, 0.1) is 11.7 Å². The van der Waals surface area contributed by atoms with Crippen LogP contribution in [-0.2, 0) is 0 Å². The third-order valence-corrected chi connectivity index (χ3v) is 6.31. The third-order valence-electron chi connectivity index (χ3n) is 6.31. The minimum atomic E-state index is -0.353. The first-order valence-electron chi connectivity index (χ1n) is 9.54. The van der Waals surface area contributed by atoms with Crippen LogP contribution in [0.4, 0.5) is 16.2 Å². The quantitative estimate of drug-likeness (QED) is 0.638. The van der Waals surface area contributed by atoms with Crippen molar-refractivity contribution in [2.24, 2.45) is 5.92 Å². The van der Waals surface area contributed by atoms with Crippen molar-refractivity contribution in [3.05, 3.63) is 12.0 Å². The lowest BCUT2D eigenvalue weighted by molar-refractivity contribution is 0.287. The number of fused-ring (bicyclic) bond motifs is 4. The molecule has 136 valence electrons. The van der Waals surface area contributed by atoms with Crippen molar-refractivity contribution in [3.8, 4) is 0 Å². The minimum Gasteiger partial charge on any atom is -0.365 e. The SMILES string of the molecule is Fc1cnc(N2CC3CCC2CN3)nc1NC1CCC2NNCC2C1. The Hall–Kier alpha value is -1.51. The number of nitrogens with one attached hydrogen (secondary N) is 4. The van der Waals surface area contributed by atoms with Crippen molar-refractivity contribution in [2.45, 2.75) is 56.3 Å². The summed E-state index contributed by atoms with van der Waals surface area (Å²) in [5, 5.41) is 6.89. The largest absolute Gasteiger partial charge is 0.365 e. The van der Waals surface area contributed by atoms with Crippen LogP contribution in [-0.4, -0.2) is 53.8 Å². The molecule has 1 aromatic rings. The van der Waals surface area contributed by atoms with E-state index in [9.17, 15) is 4.39 Å². The highest BCUT2D eigenvalue weighted by molar-refractivity contribution is 5.45. The maximum absolute atomic E-state index is 14.3. The molecule has 5 unspecified atom stereocenters. The molecule has 5 aliphatic rings. The number of hydrazine groups is 1. The summed E-state index contributed by atoms with van der Waals surface area (Å²) in [6.07, 6.45) is 6.88. The van der Waals surface area contributed by atoms with Crippen LogP contribution in [0.15, 0.2) is 6.20 Å². The van der Waals surface area contributed by atoms with Crippen LogP contribution in [0.5, 0.6) is 0 Å². The molecule has 7 nitrogen and oxygen atoms in total. The zero-order chi connectivity index (χ0) is 16.8. The lowest BCUT2D eigenvalue weighted by Gasteiger charge is -2.45. The van der Waals surface area contributed by atoms with Crippen molar-refractivity contribution in [1.29, 1.82) is 0 Å². The number of piperazine rings is 1. The van der Waals surface area contributed by atoms with E-state index in [4.69, 9.17) is 0 Å². The molecule has 0 aromatic carbocycles. The highest BCUT2D eigenvalue weighted by Crippen LogP contribution is 2.30. The molecule has 5 fully saturated rings. The molecule has 4 aliphatic heterocycles. The Labute approximate surface area is 147 Å². The molecule has 1 aliphatic carbocycles. The van der Waals surface area contributed by atoms with Gasteiger partial charge in [0.05, 0.1) is 6.20 Å². The molecule has 8 heteroatoms. The van der Waals surface area contributed by atoms with Crippen molar-refractivity contribution < 1.29 is 4.39 Å². The van der Waals surface area contributed by atoms with E-state index in [1.165, 1.54) is 12.6 Å². The minimum absolute atomic E-state index is 0.277. The number of aromatic nitrogens is 2. The molecule has 6 rings (SSSR count). The van der Waals surface area contributed by atoms with Crippen LogP contribution < -0.4 is 26.4 Å². The summed E-state index contributed by atoms with van der Waals surface area (Å²) >= 11 is 0. The van der Waals surface area contributed by atoms with E-state index >= 15 is 0 Å². The van der Waals surface area contributed by atoms with Gasteiger partial charge in [0, 0.05) is 43.8 Å². The van der Waals surface area contributed by atoms with Crippen LogP contribution in [0.2, 0.25) is 0 Å². The van der Waals surface area contributed by atoms with Gasteiger partial charge in [-0.3, -0.25) is 10.9 Å². The van der Waals surface area contributed by atoms with E-state index in [2.05, 4.69) is 36.4 Å². The summed E-state index contributed by atoms with van der Waals surface area (Å²) in [4.78, 5) is 11.1. The average Bonchev–Trinajstić information content (AvgIpc) is 3.12. The van der Waals surface area contributed by atoms with Crippen LogP contribution in [0.3, 0.4) is 0 Å². The second kappa shape index (κ2) is 6.34. The van der Waals surface area contributed by atoms with Gasteiger partial charge in [-0.2, -0.15) is 4.98 Å². The summed E-state index contributed by atoms with van der Waals surface area (Å²) in [6, 6.07) is 1.77. The van der Waals surface area contributed by atoms with E-state index in [1.54, 1.807) is 0 Å². The Morgan fingerprint density at radius 3 is 2.96 bits per heavy atom. The number of hydrogen-bond donors (Lipinski definition) is 4. The molecule has 0 spiro atoms. The third kappa shape index (κ3) is 2.96. The molecule has 2 bridgehead atoms. The van der Waals surface area contributed by atoms with Crippen LogP contribution in [0.25, 0.3) is 0 Å². The summed E-state index contributed by atoms with van der Waals surface area (Å²) in [5.74, 6) is 1.29.